The van der Waals surface area contributed by atoms with E-state index in [2.05, 4.69) is 0 Å². The molecule has 2 N–H and O–H groups in total. The van der Waals surface area contributed by atoms with Crippen LogP contribution in [-0.4, -0.2) is 42.8 Å². The first-order valence-electron chi connectivity index (χ1n) is 7.67. The molecular weight excluding hydrogens is 280 g/mol. The quantitative estimate of drug-likeness (QED) is 0.912. The Bertz CT molecular complexity index is 508. The van der Waals surface area contributed by atoms with Crippen LogP contribution in [0.3, 0.4) is 0 Å². The number of rotatable bonds is 2. The first-order chi connectivity index (χ1) is 10.3. The number of amides is 1. The monoisotopic (exact) mass is 306 g/mol. The van der Waals surface area contributed by atoms with Gasteiger partial charge in [-0.3, -0.25) is 0 Å². The average Bonchev–Trinajstić information content (AvgIpc) is 2.46. The second kappa shape index (κ2) is 6.57. The maximum absolute atomic E-state index is 12.2. The van der Waals surface area contributed by atoms with Gasteiger partial charge in [0.1, 0.15) is 11.4 Å². The third kappa shape index (κ3) is 4.13. The molecule has 5 nitrogen and oxygen atoms in total. The fourth-order valence-electron chi connectivity index (χ4n) is 2.67. The van der Waals surface area contributed by atoms with E-state index in [0.29, 0.717) is 13.1 Å². The van der Waals surface area contributed by atoms with Crippen LogP contribution in [0.4, 0.5) is 4.79 Å². The number of carbonyl (C=O) groups excluding carboxylic acids is 1. The van der Waals surface area contributed by atoms with Crippen LogP contribution in [0.2, 0.25) is 0 Å². The molecule has 2 atom stereocenters. The molecule has 1 heterocycles. The van der Waals surface area contributed by atoms with Gasteiger partial charge in [0.15, 0.2) is 0 Å². The Labute approximate surface area is 132 Å². The summed E-state index contributed by atoms with van der Waals surface area (Å²) in [6, 6.07) is 7.93. The van der Waals surface area contributed by atoms with Crippen molar-refractivity contribution in [1.29, 1.82) is 0 Å². The molecule has 1 aromatic carbocycles. The molecule has 1 amide bonds. The van der Waals surface area contributed by atoms with E-state index in [0.717, 1.165) is 17.7 Å². The third-order valence-corrected chi connectivity index (χ3v) is 3.86. The van der Waals surface area contributed by atoms with Crippen molar-refractivity contribution in [2.24, 2.45) is 5.73 Å². The number of carbonyl (C=O) groups is 1. The number of hydrogen-bond acceptors (Lipinski definition) is 4. The van der Waals surface area contributed by atoms with Crippen molar-refractivity contribution in [2.45, 2.75) is 44.8 Å². The molecule has 122 valence electrons. The number of ether oxygens (including phenoxy) is 2. The molecule has 0 aliphatic carbocycles. The molecule has 1 aromatic rings. The molecule has 22 heavy (non-hydrogen) atoms. The Morgan fingerprint density at radius 2 is 1.91 bits per heavy atom. The van der Waals surface area contributed by atoms with E-state index in [1.165, 1.54) is 0 Å². The van der Waals surface area contributed by atoms with Gasteiger partial charge in [0.05, 0.1) is 7.11 Å². The summed E-state index contributed by atoms with van der Waals surface area (Å²) in [6.45, 7) is 6.86. The van der Waals surface area contributed by atoms with Crippen molar-refractivity contribution >= 4 is 6.09 Å². The smallest absolute Gasteiger partial charge is 0.410 e. The topological polar surface area (TPSA) is 64.8 Å². The lowest BCUT2D eigenvalue weighted by Gasteiger charge is -2.37. The van der Waals surface area contributed by atoms with E-state index in [9.17, 15) is 4.79 Å². The number of hydrogen-bond donors (Lipinski definition) is 1. The maximum atomic E-state index is 12.2. The van der Waals surface area contributed by atoms with Gasteiger partial charge in [-0.25, -0.2) is 4.79 Å². The van der Waals surface area contributed by atoms with Crippen molar-refractivity contribution in [3.8, 4) is 5.75 Å². The summed E-state index contributed by atoms with van der Waals surface area (Å²) in [5.41, 5.74) is 6.91. The molecular formula is C17H26N2O3. The maximum Gasteiger partial charge on any atom is 0.410 e. The van der Waals surface area contributed by atoms with Crippen molar-refractivity contribution in [3.63, 3.8) is 0 Å². The first kappa shape index (κ1) is 16.6. The highest BCUT2D eigenvalue weighted by atomic mass is 16.6. The van der Waals surface area contributed by atoms with Crippen LogP contribution in [0.25, 0.3) is 0 Å². The molecule has 0 spiro atoms. The van der Waals surface area contributed by atoms with Crippen LogP contribution in [0.15, 0.2) is 24.3 Å². The molecule has 0 unspecified atom stereocenters. The molecule has 1 saturated heterocycles. The van der Waals surface area contributed by atoms with E-state index < -0.39 is 5.60 Å². The van der Waals surface area contributed by atoms with Gasteiger partial charge in [-0.15, -0.1) is 0 Å². The van der Waals surface area contributed by atoms with Crippen LogP contribution in [-0.2, 0) is 4.74 Å². The molecule has 0 aromatic heterocycles. The van der Waals surface area contributed by atoms with Crippen molar-refractivity contribution in [1.82, 2.24) is 4.90 Å². The second-order valence-corrected chi connectivity index (χ2v) is 6.76. The highest BCUT2D eigenvalue weighted by molar-refractivity contribution is 5.68. The predicted octanol–water partition coefficient (Wildman–Crippen LogP) is 2.75. The molecule has 2 rings (SSSR count). The summed E-state index contributed by atoms with van der Waals surface area (Å²) in [4.78, 5) is 14.0. The van der Waals surface area contributed by atoms with Gasteiger partial charge in [0, 0.05) is 25.0 Å². The molecule has 0 radical (unpaired) electrons. The highest BCUT2D eigenvalue weighted by Crippen LogP contribution is 2.28. The van der Waals surface area contributed by atoms with E-state index in [4.69, 9.17) is 15.2 Å². The zero-order valence-corrected chi connectivity index (χ0v) is 13.8. The number of likely N-dealkylation sites (tertiary alicyclic amines) is 1. The first-order valence-corrected chi connectivity index (χ1v) is 7.67. The van der Waals surface area contributed by atoms with E-state index in [-0.39, 0.29) is 18.1 Å². The van der Waals surface area contributed by atoms with Gasteiger partial charge in [0.2, 0.25) is 0 Å². The van der Waals surface area contributed by atoms with Crippen molar-refractivity contribution in [2.75, 3.05) is 20.2 Å². The Kier molecular flexibility index (Phi) is 4.96. The van der Waals surface area contributed by atoms with Crippen molar-refractivity contribution < 1.29 is 14.3 Å². The number of nitrogens with zero attached hydrogens (tertiary/aromatic N) is 1. The second-order valence-electron chi connectivity index (χ2n) is 6.76. The molecule has 1 aliphatic rings. The van der Waals surface area contributed by atoms with Gasteiger partial charge >= 0.3 is 6.09 Å². The van der Waals surface area contributed by atoms with Gasteiger partial charge in [0.25, 0.3) is 0 Å². The zero-order valence-electron chi connectivity index (χ0n) is 13.8. The third-order valence-electron chi connectivity index (χ3n) is 3.86. The molecule has 1 fully saturated rings. The number of piperidine rings is 1. The summed E-state index contributed by atoms with van der Waals surface area (Å²) in [5, 5.41) is 0. The fourth-order valence-corrected chi connectivity index (χ4v) is 2.67. The summed E-state index contributed by atoms with van der Waals surface area (Å²) in [6.07, 6.45) is 0.508. The predicted molar refractivity (Wildman–Crippen MR) is 86.1 cm³/mol. The minimum absolute atomic E-state index is 0.0482. The number of benzene rings is 1. The van der Waals surface area contributed by atoms with Gasteiger partial charge in [-0.05, 0) is 44.9 Å². The number of nitrogens with two attached hydrogens (primary N) is 1. The standard InChI is InChI=1S/C17H26N2O3/c1-17(2,3)22-16(20)19-10-9-15(18)14(11-19)12-5-7-13(21-4)8-6-12/h5-8,14-15H,9-11,18H2,1-4H3/t14-,15+/m0/s1. The van der Waals surface area contributed by atoms with Gasteiger partial charge in [-0.2, -0.15) is 0 Å². The normalized spacial score (nSPS) is 22.3. The van der Waals surface area contributed by atoms with E-state index >= 15 is 0 Å². The Morgan fingerprint density at radius 1 is 1.27 bits per heavy atom. The Balaban J connectivity index is 2.08. The van der Waals surface area contributed by atoms with Crippen LogP contribution >= 0.6 is 0 Å². The number of methoxy groups -OCH3 is 1. The largest absolute Gasteiger partial charge is 0.497 e. The highest BCUT2D eigenvalue weighted by Gasteiger charge is 2.32. The van der Waals surface area contributed by atoms with Crippen LogP contribution in [0, 0.1) is 0 Å². The molecule has 1 aliphatic heterocycles. The lowest BCUT2D eigenvalue weighted by Crippen LogP contribution is -2.49. The summed E-state index contributed by atoms with van der Waals surface area (Å²) in [5.74, 6) is 0.935. The zero-order chi connectivity index (χ0) is 16.3. The minimum atomic E-state index is -0.480. The SMILES string of the molecule is COc1ccc([C@@H]2CN(C(=O)OC(C)(C)C)CC[C@H]2N)cc1. The minimum Gasteiger partial charge on any atom is -0.497 e. The Morgan fingerprint density at radius 3 is 2.45 bits per heavy atom. The van der Waals surface area contributed by atoms with E-state index in [1.54, 1.807) is 12.0 Å². The van der Waals surface area contributed by atoms with Crippen LogP contribution in [0.1, 0.15) is 38.7 Å². The van der Waals surface area contributed by atoms with Crippen molar-refractivity contribution in [3.05, 3.63) is 29.8 Å². The van der Waals surface area contributed by atoms with Gasteiger partial charge in [-0.1, -0.05) is 12.1 Å². The summed E-state index contributed by atoms with van der Waals surface area (Å²) < 4.78 is 10.6. The van der Waals surface area contributed by atoms with Gasteiger partial charge < -0.3 is 20.1 Å². The fraction of sp³-hybridized carbons (Fsp3) is 0.588. The average molecular weight is 306 g/mol. The van der Waals surface area contributed by atoms with E-state index in [1.807, 2.05) is 45.0 Å². The van der Waals surface area contributed by atoms with Crippen LogP contribution in [0.5, 0.6) is 5.75 Å². The summed E-state index contributed by atoms with van der Waals surface area (Å²) >= 11 is 0. The summed E-state index contributed by atoms with van der Waals surface area (Å²) in [7, 11) is 1.64. The molecule has 5 heteroatoms. The Hall–Kier alpha value is -1.75. The van der Waals surface area contributed by atoms with Crippen LogP contribution < -0.4 is 10.5 Å². The lowest BCUT2D eigenvalue weighted by atomic mass is 9.86. The molecule has 0 saturated carbocycles. The lowest BCUT2D eigenvalue weighted by molar-refractivity contribution is 0.0186. The molecule has 0 bridgehead atoms.